The predicted octanol–water partition coefficient (Wildman–Crippen LogP) is 5.06. The Bertz CT molecular complexity index is 1280. The number of hydrogen-bond donors (Lipinski definition) is 2. The maximum atomic E-state index is 11.0. The molecule has 0 bridgehead atoms. The number of fused-ring (bicyclic) bond motifs is 1. The first-order valence-corrected chi connectivity index (χ1v) is 9.29. The molecule has 28 heavy (non-hydrogen) atoms. The number of hydrogen-bond acceptors (Lipinski definition) is 5. The summed E-state index contributed by atoms with van der Waals surface area (Å²) in [7, 11) is 2.03. The van der Waals surface area contributed by atoms with Crippen LogP contribution in [0.25, 0.3) is 28.0 Å². The highest BCUT2D eigenvalue weighted by atomic mass is 32.1. The number of aromatic hydroxyl groups is 1. The van der Waals surface area contributed by atoms with Crippen LogP contribution in [0.3, 0.4) is 0 Å². The van der Waals surface area contributed by atoms with E-state index in [-0.39, 0.29) is 11.4 Å². The summed E-state index contributed by atoms with van der Waals surface area (Å²) in [5.41, 5.74) is 4.56. The molecule has 0 aliphatic heterocycles. The van der Waals surface area contributed by atoms with Crippen molar-refractivity contribution in [1.29, 1.82) is 0 Å². The molecule has 0 spiro atoms. The fourth-order valence-electron chi connectivity index (χ4n) is 3.50. The van der Waals surface area contributed by atoms with Gasteiger partial charge in [-0.1, -0.05) is 6.92 Å². The van der Waals surface area contributed by atoms with Crippen LogP contribution < -0.4 is 0 Å². The Balaban J connectivity index is 1.94. The molecule has 0 aliphatic rings. The molecular weight excluding hydrogens is 374 g/mol. The lowest BCUT2D eigenvalue weighted by atomic mass is 10.0. The predicted molar refractivity (Wildman–Crippen MR) is 112 cm³/mol. The first kappa shape index (κ1) is 18.1. The minimum Gasteiger partial charge on any atom is -0.507 e. The minimum atomic E-state index is -0.0707. The summed E-state index contributed by atoms with van der Waals surface area (Å²) < 4.78 is 4.32. The number of rotatable bonds is 4. The molecule has 2 heterocycles. The van der Waals surface area contributed by atoms with Crippen molar-refractivity contribution >= 4 is 28.8 Å². The third-order valence-corrected chi connectivity index (χ3v) is 5.39. The van der Waals surface area contributed by atoms with Crippen LogP contribution in [0.4, 0.5) is 5.69 Å². The third-order valence-electron chi connectivity index (χ3n) is 5.11. The van der Waals surface area contributed by atoms with Crippen LogP contribution in [0.15, 0.2) is 41.6 Å². The molecule has 0 radical (unpaired) electrons. The second kappa shape index (κ2) is 6.72. The molecule has 0 atom stereocenters. The van der Waals surface area contributed by atoms with Crippen molar-refractivity contribution in [3.63, 3.8) is 0 Å². The van der Waals surface area contributed by atoms with E-state index in [1.165, 1.54) is 6.07 Å². The maximum Gasteiger partial charge on any atom is 0.200 e. The van der Waals surface area contributed by atoms with Crippen molar-refractivity contribution in [2.45, 2.75) is 20.3 Å². The lowest BCUT2D eigenvalue weighted by Gasteiger charge is -2.11. The van der Waals surface area contributed by atoms with Gasteiger partial charge in [0.05, 0.1) is 11.3 Å². The molecule has 2 aromatic carbocycles. The van der Waals surface area contributed by atoms with E-state index < -0.39 is 0 Å². The highest BCUT2D eigenvalue weighted by Gasteiger charge is 2.18. The zero-order valence-electron chi connectivity index (χ0n) is 15.7. The van der Waals surface area contributed by atoms with Crippen LogP contribution in [-0.4, -0.2) is 24.4 Å². The lowest BCUT2D eigenvalue weighted by molar-refractivity contribution is 0.476. The second-order valence-corrected chi connectivity index (χ2v) is 7.11. The average molecular weight is 393 g/mol. The number of nitroso groups, excluding NO2 is 1. The molecular formula is C20H19N5O2S. The van der Waals surface area contributed by atoms with Gasteiger partial charge in [-0.3, -0.25) is 9.67 Å². The Hall–Kier alpha value is -3.26. The molecule has 0 saturated heterocycles. The van der Waals surface area contributed by atoms with Crippen molar-refractivity contribution < 1.29 is 5.11 Å². The van der Waals surface area contributed by atoms with E-state index in [1.807, 2.05) is 32.2 Å². The summed E-state index contributed by atoms with van der Waals surface area (Å²) in [4.78, 5) is 11.0. The van der Waals surface area contributed by atoms with Crippen LogP contribution in [0.5, 0.6) is 5.75 Å². The maximum absolute atomic E-state index is 11.0. The number of aromatic amines is 1. The number of nitrogens with zero attached hydrogens (tertiary/aromatic N) is 4. The van der Waals surface area contributed by atoms with Crippen molar-refractivity contribution in [2.24, 2.45) is 12.2 Å². The molecule has 0 aliphatic carbocycles. The molecule has 4 aromatic rings. The van der Waals surface area contributed by atoms with Gasteiger partial charge in [0.25, 0.3) is 0 Å². The number of nitrogens with one attached hydrogen (secondary N) is 1. The van der Waals surface area contributed by atoms with Gasteiger partial charge in [-0.05, 0) is 66.6 Å². The summed E-state index contributed by atoms with van der Waals surface area (Å²) in [5.74, 6) is 0.403. The van der Waals surface area contributed by atoms with Crippen LogP contribution in [0.1, 0.15) is 18.2 Å². The monoisotopic (exact) mass is 393 g/mol. The minimum absolute atomic E-state index is 0.0707. The fraction of sp³-hybridized carbons (Fsp3) is 0.200. The molecule has 8 heteroatoms. The molecule has 7 nitrogen and oxygen atoms in total. The molecule has 0 saturated carbocycles. The second-order valence-electron chi connectivity index (χ2n) is 6.72. The molecule has 4 rings (SSSR count). The average Bonchev–Trinajstić information content (AvgIpc) is 3.20. The highest BCUT2D eigenvalue weighted by molar-refractivity contribution is 7.71. The lowest BCUT2D eigenvalue weighted by Crippen LogP contribution is -1.99. The van der Waals surface area contributed by atoms with E-state index >= 15 is 0 Å². The van der Waals surface area contributed by atoms with Crippen LogP contribution in [0, 0.1) is 16.6 Å². The quantitative estimate of drug-likeness (QED) is 0.374. The smallest absolute Gasteiger partial charge is 0.200 e. The Kier molecular flexibility index (Phi) is 4.35. The summed E-state index contributed by atoms with van der Waals surface area (Å²) in [6.07, 6.45) is 0.606. The van der Waals surface area contributed by atoms with Crippen molar-refractivity contribution in [3.05, 3.63) is 57.3 Å². The zero-order valence-corrected chi connectivity index (χ0v) is 16.5. The van der Waals surface area contributed by atoms with E-state index in [4.69, 9.17) is 12.2 Å². The fourth-order valence-corrected chi connectivity index (χ4v) is 3.74. The number of aromatic nitrogens is 4. The van der Waals surface area contributed by atoms with E-state index in [9.17, 15) is 10.0 Å². The summed E-state index contributed by atoms with van der Waals surface area (Å²) in [6, 6.07) is 11.3. The van der Waals surface area contributed by atoms with Crippen molar-refractivity contribution in [2.75, 3.05) is 0 Å². The third kappa shape index (κ3) is 2.73. The molecule has 2 aromatic heterocycles. The van der Waals surface area contributed by atoms with E-state index in [0.29, 0.717) is 22.6 Å². The number of aryl methyl sites for hydroxylation is 3. The number of benzene rings is 2. The van der Waals surface area contributed by atoms with Gasteiger partial charge >= 0.3 is 0 Å². The summed E-state index contributed by atoms with van der Waals surface area (Å²) in [5, 5.41) is 21.7. The van der Waals surface area contributed by atoms with Crippen LogP contribution >= 0.6 is 12.2 Å². The number of phenolic OH excluding ortho intramolecular Hbond substituents is 1. The normalized spacial score (nSPS) is 11.2. The Morgan fingerprint density at radius 3 is 2.75 bits per heavy atom. The van der Waals surface area contributed by atoms with Gasteiger partial charge in [-0.15, -0.1) is 4.91 Å². The SMILES string of the molecule is CCc1cc(-c2n[nH]c(=S)n2-c2ccc3c(c2)cc(C)n3C)c(O)cc1N=O. The molecule has 142 valence electrons. The Morgan fingerprint density at radius 2 is 2.04 bits per heavy atom. The summed E-state index contributed by atoms with van der Waals surface area (Å²) in [6.45, 7) is 3.98. The van der Waals surface area contributed by atoms with Crippen LogP contribution in [0.2, 0.25) is 0 Å². The van der Waals surface area contributed by atoms with Gasteiger partial charge in [-0.25, -0.2) is 0 Å². The number of H-pyrrole nitrogens is 1. The standard InChI is InChI=1S/C20H19N5O2S/c1-4-12-9-15(18(26)10-16(12)23-27)19-21-22-20(28)25(19)14-5-6-17-13(8-14)7-11(2)24(17)3/h5-10,26H,4H2,1-3H3,(H,22,28). The van der Waals surface area contributed by atoms with Gasteiger partial charge in [0.2, 0.25) is 0 Å². The largest absolute Gasteiger partial charge is 0.507 e. The summed E-state index contributed by atoms with van der Waals surface area (Å²) >= 11 is 5.45. The Morgan fingerprint density at radius 1 is 1.25 bits per heavy atom. The topological polar surface area (TPSA) is 88.2 Å². The van der Waals surface area contributed by atoms with Gasteiger partial charge < -0.3 is 9.67 Å². The first-order valence-electron chi connectivity index (χ1n) is 8.88. The Labute approximate surface area is 166 Å². The molecule has 2 N–H and O–H groups in total. The van der Waals surface area contributed by atoms with Gasteiger partial charge in [0, 0.05) is 29.7 Å². The van der Waals surface area contributed by atoms with Gasteiger partial charge in [0.1, 0.15) is 11.4 Å². The van der Waals surface area contributed by atoms with Crippen molar-refractivity contribution in [3.8, 4) is 22.8 Å². The first-order chi connectivity index (χ1) is 13.4. The molecule has 0 amide bonds. The van der Waals surface area contributed by atoms with E-state index in [2.05, 4.69) is 32.9 Å². The van der Waals surface area contributed by atoms with Crippen molar-refractivity contribution in [1.82, 2.24) is 19.3 Å². The van der Waals surface area contributed by atoms with Gasteiger partial charge in [0.15, 0.2) is 10.6 Å². The molecule has 0 fully saturated rings. The highest BCUT2D eigenvalue weighted by Crippen LogP contribution is 2.36. The van der Waals surface area contributed by atoms with Crippen LogP contribution in [-0.2, 0) is 13.5 Å². The van der Waals surface area contributed by atoms with Gasteiger partial charge in [-0.2, -0.15) is 5.10 Å². The zero-order chi connectivity index (χ0) is 20.0. The number of phenols is 1. The van der Waals surface area contributed by atoms with E-state index in [1.54, 1.807) is 10.6 Å². The van der Waals surface area contributed by atoms with E-state index in [0.717, 1.165) is 27.8 Å². The molecule has 0 unspecified atom stereocenters.